The van der Waals surface area contributed by atoms with E-state index in [2.05, 4.69) is 16.0 Å². The minimum atomic E-state index is -1.07. The van der Waals surface area contributed by atoms with Gasteiger partial charge < -0.3 is 14.7 Å². The summed E-state index contributed by atoms with van der Waals surface area (Å²) in [6.07, 6.45) is 2.81. The van der Waals surface area contributed by atoms with E-state index in [1.54, 1.807) is 31.1 Å². The number of nitrogens with zero attached hydrogens (tertiary/aromatic N) is 2. The first-order chi connectivity index (χ1) is 16.6. The highest BCUT2D eigenvalue weighted by atomic mass is 35.5. The molecule has 0 amide bonds. The molecule has 0 saturated carbocycles. The molecule has 2 aromatic carbocycles. The average molecular weight is 503 g/mol. The molecule has 3 aromatic rings. The lowest BCUT2D eigenvalue weighted by atomic mass is 9.81. The first-order valence-electron chi connectivity index (χ1n) is 11.9. The monoisotopic (exact) mass is 502 g/mol. The molecule has 7 heteroatoms. The summed E-state index contributed by atoms with van der Waals surface area (Å²) in [4.78, 5) is 7.96. The van der Waals surface area contributed by atoms with Crippen LogP contribution >= 0.6 is 23.4 Å². The highest BCUT2D eigenvalue weighted by Gasteiger charge is 2.29. The molecule has 4 nitrogen and oxygen atoms in total. The average Bonchev–Trinajstić information content (AvgIpc) is 2.87. The molecule has 1 saturated heterocycles. The van der Waals surface area contributed by atoms with Crippen LogP contribution < -0.4 is 4.74 Å². The van der Waals surface area contributed by atoms with Crippen molar-refractivity contribution >= 4 is 34.3 Å². The number of methoxy groups -OCH3 is 1. The van der Waals surface area contributed by atoms with E-state index < -0.39 is 6.17 Å². The smallest absolute Gasteiger partial charge is 0.126 e. The largest absolute Gasteiger partial charge is 0.497 e. The van der Waals surface area contributed by atoms with Crippen LogP contribution in [0.4, 0.5) is 4.39 Å². The molecule has 1 aliphatic rings. The molecule has 1 fully saturated rings. The summed E-state index contributed by atoms with van der Waals surface area (Å²) in [5, 5.41) is 11.6. The zero-order valence-corrected chi connectivity index (χ0v) is 21.1. The molecule has 1 N–H and O–H groups in total. The number of thioether (sulfide) groups is 1. The van der Waals surface area contributed by atoms with Crippen molar-refractivity contribution in [1.82, 2.24) is 9.88 Å². The van der Waals surface area contributed by atoms with E-state index >= 15 is 4.39 Å². The van der Waals surface area contributed by atoms with Crippen molar-refractivity contribution in [2.75, 3.05) is 39.1 Å². The predicted octanol–water partition coefficient (Wildman–Crippen LogP) is 6.41. The van der Waals surface area contributed by atoms with Gasteiger partial charge in [0.15, 0.2) is 0 Å². The summed E-state index contributed by atoms with van der Waals surface area (Å²) in [5.74, 6) is 2.21. The Bertz CT molecular complexity index is 1090. The minimum absolute atomic E-state index is 0.148. The number of fused-ring (bicyclic) bond motifs is 1. The maximum absolute atomic E-state index is 15.4. The van der Waals surface area contributed by atoms with Gasteiger partial charge in [0, 0.05) is 47.0 Å². The maximum atomic E-state index is 15.4. The van der Waals surface area contributed by atoms with Gasteiger partial charge in [-0.05, 0) is 85.7 Å². The Morgan fingerprint density at radius 2 is 2.12 bits per heavy atom. The molecule has 0 aliphatic carbocycles. The van der Waals surface area contributed by atoms with Gasteiger partial charge in [-0.1, -0.05) is 17.7 Å². The topological polar surface area (TPSA) is 45.6 Å². The van der Waals surface area contributed by atoms with Gasteiger partial charge >= 0.3 is 0 Å². The lowest BCUT2D eigenvalue weighted by Gasteiger charge is -2.38. The molecular weight excluding hydrogens is 471 g/mol. The Balaban J connectivity index is 1.29. The molecule has 1 aromatic heterocycles. The number of hydrogen-bond acceptors (Lipinski definition) is 5. The Morgan fingerprint density at radius 3 is 2.91 bits per heavy atom. The molecule has 2 heterocycles. The predicted molar refractivity (Wildman–Crippen MR) is 139 cm³/mol. The number of rotatable bonds is 10. The van der Waals surface area contributed by atoms with Crippen LogP contribution in [0.2, 0.25) is 5.02 Å². The van der Waals surface area contributed by atoms with E-state index in [4.69, 9.17) is 16.3 Å². The lowest BCUT2D eigenvalue weighted by Crippen LogP contribution is -2.43. The summed E-state index contributed by atoms with van der Waals surface area (Å²) in [6.45, 7) is 2.97. The third-order valence-electron chi connectivity index (χ3n) is 6.79. The van der Waals surface area contributed by atoms with Crippen molar-refractivity contribution < 1.29 is 14.2 Å². The quantitative estimate of drug-likeness (QED) is 0.324. The van der Waals surface area contributed by atoms with Crippen molar-refractivity contribution in [3.8, 4) is 5.75 Å². The van der Waals surface area contributed by atoms with Gasteiger partial charge in [0.1, 0.15) is 11.9 Å². The summed E-state index contributed by atoms with van der Waals surface area (Å²) < 4.78 is 20.7. The van der Waals surface area contributed by atoms with Crippen LogP contribution in [0.3, 0.4) is 0 Å². The van der Waals surface area contributed by atoms with Gasteiger partial charge in [-0.3, -0.25) is 4.98 Å². The van der Waals surface area contributed by atoms with Crippen molar-refractivity contribution in [1.29, 1.82) is 0 Å². The highest BCUT2D eigenvalue weighted by molar-refractivity contribution is 7.99. The second kappa shape index (κ2) is 12.2. The number of piperidine rings is 1. The number of hydrogen-bond donors (Lipinski definition) is 1. The molecule has 0 radical (unpaired) electrons. The van der Waals surface area contributed by atoms with Crippen molar-refractivity contribution in [2.45, 2.75) is 30.3 Å². The van der Waals surface area contributed by atoms with E-state index in [1.807, 2.05) is 36.4 Å². The van der Waals surface area contributed by atoms with Crippen LogP contribution in [0, 0.1) is 11.8 Å². The Kier molecular flexibility index (Phi) is 9.06. The molecule has 34 heavy (non-hydrogen) atoms. The van der Waals surface area contributed by atoms with E-state index in [-0.39, 0.29) is 12.5 Å². The Labute approximate surface area is 210 Å². The maximum Gasteiger partial charge on any atom is 0.126 e. The van der Waals surface area contributed by atoms with Gasteiger partial charge in [0.25, 0.3) is 0 Å². The number of aromatic nitrogens is 1. The van der Waals surface area contributed by atoms with Gasteiger partial charge in [-0.15, -0.1) is 11.8 Å². The van der Waals surface area contributed by atoms with E-state index in [0.717, 1.165) is 54.2 Å². The van der Waals surface area contributed by atoms with E-state index in [9.17, 15) is 5.11 Å². The Hall–Kier alpha value is -1.86. The number of halogens is 2. The molecule has 4 rings (SSSR count). The molecule has 3 atom stereocenters. The first-order valence-corrected chi connectivity index (χ1v) is 13.2. The molecule has 182 valence electrons. The third-order valence-corrected chi connectivity index (χ3v) is 8.00. The molecule has 0 unspecified atom stereocenters. The first kappa shape index (κ1) is 25.2. The van der Waals surface area contributed by atoms with Crippen LogP contribution in [0.1, 0.15) is 31.0 Å². The summed E-state index contributed by atoms with van der Waals surface area (Å²) >= 11 is 7.87. The number of aliphatic hydroxyl groups is 1. The summed E-state index contributed by atoms with van der Waals surface area (Å²) in [6, 6.07) is 15.3. The van der Waals surface area contributed by atoms with Crippen LogP contribution in [0.15, 0.2) is 59.6 Å². The standard InChI is InChI=1S/C27H32ClFN2O2S/c1-33-22-6-8-27-25(16-22)24(9-11-30-27)26(29)7-5-19-10-12-31(17-20(19)18-32)13-14-34-23-4-2-3-21(28)15-23/h2-4,6,8-9,11,15-16,19-20,26,32H,5,7,10,12-14,17-18H2,1H3/t19-,20-,26-/m1/s1. The number of likely N-dealkylation sites (tertiary alicyclic amines) is 1. The van der Waals surface area contributed by atoms with E-state index in [1.165, 1.54) is 4.90 Å². The molecule has 0 bridgehead atoms. The summed E-state index contributed by atoms with van der Waals surface area (Å²) in [7, 11) is 1.61. The van der Waals surface area contributed by atoms with Gasteiger partial charge in [0.2, 0.25) is 0 Å². The second-order valence-corrected chi connectivity index (χ2v) is 10.5. The van der Waals surface area contributed by atoms with Gasteiger partial charge in [0.05, 0.1) is 12.6 Å². The Morgan fingerprint density at radius 1 is 1.24 bits per heavy atom. The number of ether oxygens (including phenoxy) is 1. The lowest BCUT2D eigenvalue weighted by molar-refractivity contribution is 0.0672. The van der Waals surface area contributed by atoms with Crippen LogP contribution in [-0.4, -0.2) is 54.1 Å². The van der Waals surface area contributed by atoms with Crippen molar-refractivity contribution in [3.05, 3.63) is 65.3 Å². The number of benzene rings is 2. The van der Waals surface area contributed by atoms with Gasteiger partial charge in [-0.25, -0.2) is 4.39 Å². The summed E-state index contributed by atoms with van der Waals surface area (Å²) in [5.41, 5.74) is 1.44. The van der Waals surface area contributed by atoms with Crippen molar-refractivity contribution in [2.24, 2.45) is 11.8 Å². The minimum Gasteiger partial charge on any atom is -0.497 e. The number of alkyl halides is 1. The molecule has 0 spiro atoms. The van der Waals surface area contributed by atoms with Crippen molar-refractivity contribution in [3.63, 3.8) is 0 Å². The van der Waals surface area contributed by atoms with E-state index in [0.29, 0.717) is 23.7 Å². The zero-order valence-electron chi connectivity index (χ0n) is 19.5. The fourth-order valence-corrected chi connectivity index (χ4v) is 6.08. The third kappa shape index (κ3) is 6.42. The fourth-order valence-electron chi connectivity index (χ4n) is 4.86. The second-order valence-electron chi connectivity index (χ2n) is 8.93. The molecular formula is C27H32ClFN2O2S. The highest BCUT2D eigenvalue weighted by Crippen LogP contribution is 2.35. The van der Waals surface area contributed by atoms with Crippen LogP contribution in [0.5, 0.6) is 5.75 Å². The number of aliphatic hydroxyl groups excluding tert-OH is 1. The SMILES string of the molecule is COc1ccc2nccc([C@H](F)CC[C@@H]3CCN(CCSc4cccc(Cl)c4)C[C@@H]3CO)c2c1. The normalized spacial score (nSPS) is 19.9. The number of pyridine rings is 1. The van der Waals surface area contributed by atoms with Crippen LogP contribution in [0.25, 0.3) is 10.9 Å². The zero-order chi connectivity index (χ0) is 23.9. The fraction of sp³-hybridized carbons (Fsp3) is 0.444. The van der Waals surface area contributed by atoms with Gasteiger partial charge in [-0.2, -0.15) is 0 Å². The van der Waals surface area contributed by atoms with Crippen LogP contribution in [-0.2, 0) is 0 Å². The molecule has 1 aliphatic heterocycles.